The van der Waals surface area contributed by atoms with Gasteiger partial charge in [0, 0.05) is 18.3 Å². The maximum atomic E-state index is 12.1. The molecule has 4 rings (SSSR count). The quantitative estimate of drug-likeness (QED) is 0.720. The summed E-state index contributed by atoms with van der Waals surface area (Å²) < 4.78 is 1.09. The number of aromatic amines is 1. The second kappa shape index (κ2) is 4.42. The summed E-state index contributed by atoms with van der Waals surface area (Å²) in [4.78, 5) is 23.9. The summed E-state index contributed by atoms with van der Waals surface area (Å²) in [7, 11) is 0. The Hall–Kier alpha value is -2.21. The minimum Gasteiger partial charge on any atom is -0.370 e. The third-order valence-corrected chi connectivity index (χ3v) is 4.34. The summed E-state index contributed by atoms with van der Waals surface area (Å²) in [6, 6.07) is 3.99. The van der Waals surface area contributed by atoms with Crippen molar-refractivity contribution in [2.75, 3.05) is 11.9 Å². The molecule has 0 aromatic carbocycles. The van der Waals surface area contributed by atoms with E-state index in [-0.39, 0.29) is 5.56 Å². The van der Waals surface area contributed by atoms with E-state index in [0.717, 1.165) is 40.7 Å². The van der Waals surface area contributed by atoms with Crippen LogP contribution in [0.15, 0.2) is 28.5 Å². The first kappa shape index (κ1) is 11.6. The van der Waals surface area contributed by atoms with Gasteiger partial charge >= 0.3 is 0 Å². The Labute approximate surface area is 118 Å². The number of nitrogens with one attached hydrogen (secondary N) is 2. The van der Waals surface area contributed by atoms with E-state index in [2.05, 4.69) is 20.3 Å². The molecular weight excluding hydrogens is 272 g/mol. The van der Waals surface area contributed by atoms with Crippen LogP contribution in [-0.2, 0) is 6.42 Å². The maximum absolute atomic E-state index is 12.1. The Balaban J connectivity index is 1.89. The number of H-pyrrole nitrogens is 1. The molecule has 100 valence electrons. The first-order valence-electron chi connectivity index (χ1n) is 6.52. The van der Waals surface area contributed by atoms with Gasteiger partial charge in [0.1, 0.15) is 11.6 Å². The third kappa shape index (κ3) is 1.80. The van der Waals surface area contributed by atoms with Gasteiger partial charge < -0.3 is 10.3 Å². The molecule has 0 saturated heterocycles. The number of aromatic nitrogens is 3. The van der Waals surface area contributed by atoms with Crippen molar-refractivity contribution < 1.29 is 0 Å². The summed E-state index contributed by atoms with van der Waals surface area (Å²) in [6.45, 7) is 0.866. The number of rotatable bonds is 1. The standard InChI is InChI=1S/C14H12N4OS/c19-14-9-2-1-4-15-13(9)17-12(18-14)8-6-11-10(16-7-8)3-5-20-11/h3,5-7H,1-2,4H2,(H2,15,17,18,19). The van der Waals surface area contributed by atoms with Crippen molar-refractivity contribution in [3.05, 3.63) is 39.6 Å². The molecule has 2 N–H and O–H groups in total. The molecule has 0 saturated carbocycles. The largest absolute Gasteiger partial charge is 0.370 e. The highest BCUT2D eigenvalue weighted by Gasteiger charge is 2.16. The molecule has 0 radical (unpaired) electrons. The molecule has 3 aromatic rings. The number of pyridine rings is 1. The molecular formula is C14H12N4OS. The lowest BCUT2D eigenvalue weighted by atomic mass is 10.1. The van der Waals surface area contributed by atoms with Crippen molar-refractivity contribution in [2.45, 2.75) is 12.8 Å². The van der Waals surface area contributed by atoms with E-state index in [0.29, 0.717) is 11.6 Å². The van der Waals surface area contributed by atoms with Crippen LogP contribution in [0.2, 0.25) is 0 Å². The van der Waals surface area contributed by atoms with Gasteiger partial charge in [-0.15, -0.1) is 11.3 Å². The molecule has 6 heteroatoms. The summed E-state index contributed by atoms with van der Waals surface area (Å²) in [5, 5.41) is 5.20. The molecule has 5 nitrogen and oxygen atoms in total. The zero-order chi connectivity index (χ0) is 13.5. The fraction of sp³-hybridized carbons (Fsp3) is 0.214. The average molecular weight is 284 g/mol. The Bertz CT molecular complexity index is 852. The molecule has 0 atom stereocenters. The van der Waals surface area contributed by atoms with Gasteiger partial charge in [-0.1, -0.05) is 0 Å². The summed E-state index contributed by atoms with van der Waals surface area (Å²) in [5.74, 6) is 1.28. The number of hydrogen-bond acceptors (Lipinski definition) is 5. The zero-order valence-electron chi connectivity index (χ0n) is 10.6. The summed E-state index contributed by atoms with van der Waals surface area (Å²) in [6.07, 6.45) is 3.51. The Morgan fingerprint density at radius 2 is 2.30 bits per heavy atom. The van der Waals surface area contributed by atoms with Crippen LogP contribution in [0.3, 0.4) is 0 Å². The number of anilines is 1. The van der Waals surface area contributed by atoms with Gasteiger partial charge in [0.2, 0.25) is 0 Å². The highest BCUT2D eigenvalue weighted by Crippen LogP contribution is 2.25. The van der Waals surface area contributed by atoms with E-state index in [1.165, 1.54) is 0 Å². The highest BCUT2D eigenvalue weighted by molar-refractivity contribution is 7.17. The topological polar surface area (TPSA) is 70.7 Å². The second-order valence-electron chi connectivity index (χ2n) is 4.80. The van der Waals surface area contributed by atoms with Crippen molar-refractivity contribution >= 4 is 27.4 Å². The van der Waals surface area contributed by atoms with Crippen LogP contribution in [0.4, 0.5) is 5.82 Å². The average Bonchev–Trinajstić information content (AvgIpc) is 2.94. The van der Waals surface area contributed by atoms with Crippen LogP contribution >= 0.6 is 11.3 Å². The van der Waals surface area contributed by atoms with Crippen LogP contribution < -0.4 is 10.9 Å². The van der Waals surface area contributed by atoms with Gasteiger partial charge in [-0.2, -0.15) is 0 Å². The second-order valence-corrected chi connectivity index (χ2v) is 5.75. The van der Waals surface area contributed by atoms with Gasteiger partial charge in [0.25, 0.3) is 5.56 Å². The molecule has 0 unspecified atom stereocenters. The van der Waals surface area contributed by atoms with E-state index in [4.69, 9.17) is 0 Å². The molecule has 0 bridgehead atoms. The molecule has 20 heavy (non-hydrogen) atoms. The fourth-order valence-corrected chi connectivity index (χ4v) is 3.24. The Kier molecular flexibility index (Phi) is 2.56. The monoisotopic (exact) mass is 284 g/mol. The van der Waals surface area contributed by atoms with Crippen LogP contribution in [0.1, 0.15) is 12.0 Å². The Morgan fingerprint density at radius 3 is 3.25 bits per heavy atom. The molecule has 3 aromatic heterocycles. The minimum absolute atomic E-state index is 0.0523. The highest BCUT2D eigenvalue weighted by atomic mass is 32.1. The van der Waals surface area contributed by atoms with Gasteiger partial charge in [-0.05, 0) is 30.4 Å². The number of fused-ring (bicyclic) bond motifs is 2. The number of thiophene rings is 1. The lowest BCUT2D eigenvalue weighted by Crippen LogP contribution is -2.24. The summed E-state index contributed by atoms with van der Waals surface area (Å²) in [5.41, 5.74) is 2.51. The maximum Gasteiger partial charge on any atom is 0.256 e. The lowest BCUT2D eigenvalue weighted by molar-refractivity contribution is 0.800. The first-order chi connectivity index (χ1) is 9.81. The molecule has 4 heterocycles. The minimum atomic E-state index is -0.0523. The number of hydrogen-bond donors (Lipinski definition) is 2. The van der Waals surface area contributed by atoms with Gasteiger partial charge in [-0.25, -0.2) is 4.98 Å². The summed E-state index contributed by atoms with van der Waals surface area (Å²) >= 11 is 1.63. The Morgan fingerprint density at radius 1 is 1.35 bits per heavy atom. The van der Waals surface area contributed by atoms with E-state index in [1.807, 2.05) is 17.5 Å². The van der Waals surface area contributed by atoms with E-state index in [9.17, 15) is 4.79 Å². The van der Waals surface area contributed by atoms with Gasteiger partial charge in [0.05, 0.1) is 15.8 Å². The molecule has 1 aliphatic heterocycles. The van der Waals surface area contributed by atoms with Crippen LogP contribution in [0, 0.1) is 0 Å². The predicted molar refractivity (Wildman–Crippen MR) is 80.3 cm³/mol. The van der Waals surface area contributed by atoms with Crippen molar-refractivity contribution in [1.82, 2.24) is 15.0 Å². The molecule has 0 amide bonds. The zero-order valence-corrected chi connectivity index (χ0v) is 11.5. The molecule has 0 aliphatic carbocycles. The van der Waals surface area contributed by atoms with E-state index in [1.54, 1.807) is 17.5 Å². The van der Waals surface area contributed by atoms with Crippen molar-refractivity contribution in [3.63, 3.8) is 0 Å². The van der Waals surface area contributed by atoms with Crippen LogP contribution in [0.5, 0.6) is 0 Å². The van der Waals surface area contributed by atoms with Crippen LogP contribution in [-0.4, -0.2) is 21.5 Å². The third-order valence-electron chi connectivity index (χ3n) is 3.49. The molecule has 0 spiro atoms. The van der Waals surface area contributed by atoms with Gasteiger partial charge in [-0.3, -0.25) is 9.78 Å². The number of nitrogens with zero attached hydrogens (tertiary/aromatic N) is 2. The van der Waals surface area contributed by atoms with Crippen molar-refractivity contribution in [1.29, 1.82) is 0 Å². The lowest BCUT2D eigenvalue weighted by Gasteiger charge is -2.16. The smallest absolute Gasteiger partial charge is 0.256 e. The van der Waals surface area contributed by atoms with E-state index >= 15 is 0 Å². The van der Waals surface area contributed by atoms with Gasteiger partial charge in [0.15, 0.2) is 0 Å². The predicted octanol–water partition coefficient (Wildman–Crippen LogP) is 2.40. The molecule has 0 fully saturated rings. The SMILES string of the molecule is O=c1[nH]c(-c2cnc3ccsc3c2)nc2c1CCCN2. The van der Waals surface area contributed by atoms with E-state index < -0.39 is 0 Å². The fourth-order valence-electron chi connectivity index (χ4n) is 2.46. The van der Waals surface area contributed by atoms with Crippen LogP contribution in [0.25, 0.3) is 21.6 Å². The van der Waals surface area contributed by atoms with Crippen molar-refractivity contribution in [2.24, 2.45) is 0 Å². The van der Waals surface area contributed by atoms with Crippen molar-refractivity contribution in [3.8, 4) is 11.4 Å². The first-order valence-corrected chi connectivity index (χ1v) is 7.40. The normalized spacial score (nSPS) is 14.0. The molecule has 1 aliphatic rings.